The Labute approximate surface area is 106 Å². The fraction of sp³-hybridized carbons (Fsp3) is 0.357. The van der Waals surface area contributed by atoms with Crippen LogP contribution >= 0.6 is 11.6 Å². The van der Waals surface area contributed by atoms with E-state index in [1.807, 2.05) is 23.1 Å². The van der Waals surface area contributed by atoms with Crippen molar-refractivity contribution in [3.63, 3.8) is 0 Å². The highest BCUT2D eigenvalue weighted by atomic mass is 35.5. The summed E-state index contributed by atoms with van der Waals surface area (Å²) >= 11 is 5.69. The molecule has 1 amide bonds. The second-order valence-electron chi connectivity index (χ2n) is 4.65. The molecule has 2 nitrogen and oxygen atoms in total. The number of nitrogens with zero attached hydrogens (tertiary/aromatic N) is 1. The fourth-order valence-electron chi connectivity index (χ4n) is 2.91. The van der Waals surface area contributed by atoms with Crippen molar-refractivity contribution in [3.05, 3.63) is 42.0 Å². The molecule has 0 fully saturated rings. The van der Waals surface area contributed by atoms with Gasteiger partial charge in [-0.25, -0.2) is 0 Å². The number of anilines is 1. The van der Waals surface area contributed by atoms with Gasteiger partial charge in [-0.05, 0) is 24.0 Å². The Morgan fingerprint density at radius 2 is 2.24 bits per heavy atom. The van der Waals surface area contributed by atoms with Crippen molar-refractivity contribution in [2.45, 2.75) is 12.3 Å². The molecule has 0 bridgehead atoms. The number of rotatable bonds is 1. The van der Waals surface area contributed by atoms with Crippen molar-refractivity contribution in [2.24, 2.45) is 5.92 Å². The average Bonchev–Trinajstić information content (AvgIpc) is 2.85. The molecule has 2 atom stereocenters. The SMILES string of the molecule is O=C(CCl)N1CC2CC=CC2c2ccccc21. The van der Waals surface area contributed by atoms with E-state index in [2.05, 4.69) is 18.2 Å². The molecule has 0 saturated carbocycles. The second-order valence-corrected chi connectivity index (χ2v) is 4.91. The maximum Gasteiger partial charge on any atom is 0.241 e. The Balaban J connectivity index is 2.06. The van der Waals surface area contributed by atoms with Crippen LogP contribution in [-0.2, 0) is 4.79 Å². The predicted octanol–water partition coefficient (Wildman–Crippen LogP) is 2.93. The molecule has 1 aromatic rings. The minimum atomic E-state index is 0.00414. The molecule has 3 rings (SSSR count). The van der Waals surface area contributed by atoms with Crippen LogP contribution in [0.2, 0.25) is 0 Å². The summed E-state index contributed by atoms with van der Waals surface area (Å²) in [5, 5.41) is 0. The number of hydrogen-bond donors (Lipinski definition) is 0. The van der Waals surface area contributed by atoms with Crippen LogP contribution in [0.25, 0.3) is 0 Å². The van der Waals surface area contributed by atoms with Crippen LogP contribution < -0.4 is 4.90 Å². The quantitative estimate of drug-likeness (QED) is 0.552. The van der Waals surface area contributed by atoms with Crippen LogP contribution in [0, 0.1) is 5.92 Å². The van der Waals surface area contributed by atoms with E-state index in [0.717, 1.165) is 18.7 Å². The molecule has 2 aliphatic rings. The number of carbonyl (C=O) groups is 1. The van der Waals surface area contributed by atoms with Crippen molar-refractivity contribution in [2.75, 3.05) is 17.3 Å². The summed E-state index contributed by atoms with van der Waals surface area (Å²) in [6, 6.07) is 8.15. The molecule has 1 aliphatic carbocycles. The van der Waals surface area contributed by atoms with Gasteiger partial charge < -0.3 is 4.90 Å². The molecule has 0 saturated heterocycles. The summed E-state index contributed by atoms with van der Waals surface area (Å²) in [4.78, 5) is 13.7. The Kier molecular flexibility index (Phi) is 2.67. The first-order valence-electron chi connectivity index (χ1n) is 5.93. The highest BCUT2D eigenvalue weighted by Crippen LogP contribution is 2.43. The van der Waals surface area contributed by atoms with Gasteiger partial charge in [0.05, 0.1) is 0 Å². The number of allylic oxidation sites excluding steroid dienone is 2. The van der Waals surface area contributed by atoms with Gasteiger partial charge in [-0.15, -0.1) is 11.6 Å². The van der Waals surface area contributed by atoms with Crippen molar-refractivity contribution >= 4 is 23.2 Å². The van der Waals surface area contributed by atoms with Crippen molar-refractivity contribution in [3.8, 4) is 0 Å². The molecular weight excluding hydrogens is 234 g/mol. The average molecular weight is 248 g/mol. The highest BCUT2D eigenvalue weighted by molar-refractivity contribution is 6.29. The predicted molar refractivity (Wildman–Crippen MR) is 69.5 cm³/mol. The number of fused-ring (bicyclic) bond motifs is 3. The van der Waals surface area contributed by atoms with Crippen LogP contribution in [0.4, 0.5) is 5.69 Å². The third-order valence-electron chi connectivity index (χ3n) is 3.71. The zero-order valence-corrected chi connectivity index (χ0v) is 10.2. The maximum absolute atomic E-state index is 11.9. The number of carbonyl (C=O) groups excluding carboxylic acids is 1. The van der Waals surface area contributed by atoms with E-state index in [-0.39, 0.29) is 11.8 Å². The van der Waals surface area contributed by atoms with Gasteiger partial charge in [-0.2, -0.15) is 0 Å². The van der Waals surface area contributed by atoms with E-state index in [9.17, 15) is 4.79 Å². The summed E-state index contributed by atoms with van der Waals surface area (Å²) in [5.74, 6) is 1.06. The second kappa shape index (κ2) is 4.19. The number of alkyl halides is 1. The standard InChI is InChI=1S/C14H14ClNO/c15-8-14(17)16-9-10-4-3-6-11(10)12-5-1-2-7-13(12)16/h1-3,5-7,10-11H,4,8-9H2. The smallest absolute Gasteiger partial charge is 0.241 e. The van der Waals surface area contributed by atoms with Crippen LogP contribution in [0.5, 0.6) is 0 Å². The van der Waals surface area contributed by atoms with E-state index in [0.29, 0.717) is 11.8 Å². The largest absolute Gasteiger partial charge is 0.311 e. The minimum Gasteiger partial charge on any atom is -0.311 e. The third kappa shape index (κ3) is 1.67. The molecule has 1 aliphatic heterocycles. The minimum absolute atomic E-state index is 0.00414. The van der Waals surface area contributed by atoms with Crippen LogP contribution in [0.1, 0.15) is 17.9 Å². The highest BCUT2D eigenvalue weighted by Gasteiger charge is 2.35. The number of amides is 1. The van der Waals surface area contributed by atoms with Crippen molar-refractivity contribution in [1.82, 2.24) is 0 Å². The molecule has 0 spiro atoms. The molecule has 1 heterocycles. The van der Waals surface area contributed by atoms with Crippen LogP contribution in [-0.4, -0.2) is 18.3 Å². The molecule has 1 aromatic carbocycles. The first-order valence-corrected chi connectivity index (χ1v) is 6.46. The van der Waals surface area contributed by atoms with Gasteiger partial charge in [-0.1, -0.05) is 30.4 Å². The zero-order valence-electron chi connectivity index (χ0n) is 9.47. The summed E-state index contributed by atoms with van der Waals surface area (Å²) < 4.78 is 0. The maximum atomic E-state index is 11.9. The van der Waals surface area contributed by atoms with Crippen molar-refractivity contribution < 1.29 is 4.79 Å². The molecule has 3 heteroatoms. The number of halogens is 1. The zero-order chi connectivity index (χ0) is 11.8. The van der Waals surface area contributed by atoms with Crippen LogP contribution in [0.15, 0.2) is 36.4 Å². The van der Waals surface area contributed by atoms with Gasteiger partial charge in [0.15, 0.2) is 0 Å². The molecule has 0 N–H and O–H groups in total. The lowest BCUT2D eigenvalue weighted by atomic mass is 9.83. The number of benzene rings is 1. The number of hydrogen-bond acceptors (Lipinski definition) is 1. The third-order valence-corrected chi connectivity index (χ3v) is 3.94. The summed E-state index contributed by atoms with van der Waals surface area (Å²) in [7, 11) is 0. The normalized spacial score (nSPS) is 25.6. The Hall–Kier alpha value is -1.28. The van der Waals surface area contributed by atoms with Gasteiger partial charge in [-0.3, -0.25) is 4.79 Å². The van der Waals surface area contributed by atoms with Gasteiger partial charge in [0, 0.05) is 18.2 Å². The van der Waals surface area contributed by atoms with E-state index < -0.39 is 0 Å². The molecule has 88 valence electrons. The first kappa shape index (κ1) is 10.8. The fourth-order valence-corrected chi connectivity index (χ4v) is 3.05. The Morgan fingerprint density at radius 3 is 3.06 bits per heavy atom. The lowest BCUT2D eigenvalue weighted by Crippen LogP contribution is -2.41. The van der Waals surface area contributed by atoms with Gasteiger partial charge >= 0.3 is 0 Å². The molecule has 2 unspecified atom stereocenters. The summed E-state index contributed by atoms with van der Waals surface area (Å²) in [6.07, 6.45) is 5.55. The summed E-state index contributed by atoms with van der Waals surface area (Å²) in [5.41, 5.74) is 2.29. The Bertz CT molecular complexity index is 483. The Morgan fingerprint density at radius 1 is 1.41 bits per heavy atom. The van der Waals surface area contributed by atoms with E-state index in [1.165, 1.54) is 5.56 Å². The molecule has 0 radical (unpaired) electrons. The topological polar surface area (TPSA) is 20.3 Å². The molecule has 0 aromatic heterocycles. The van der Waals surface area contributed by atoms with Crippen LogP contribution in [0.3, 0.4) is 0 Å². The van der Waals surface area contributed by atoms with Gasteiger partial charge in [0.25, 0.3) is 0 Å². The van der Waals surface area contributed by atoms with Gasteiger partial charge in [0.2, 0.25) is 5.91 Å². The lowest BCUT2D eigenvalue weighted by molar-refractivity contribution is -0.116. The van der Waals surface area contributed by atoms with Gasteiger partial charge in [0.1, 0.15) is 5.88 Å². The van der Waals surface area contributed by atoms with E-state index >= 15 is 0 Å². The first-order chi connectivity index (χ1) is 8.31. The van der Waals surface area contributed by atoms with E-state index in [1.54, 1.807) is 0 Å². The number of para-hydroxylation sites is 1. The van der Waals surface area contributed by atoms with E-state index in [4.69, 9.17) is 11.6 Å². The van der Waals surface area contributed by atoms with Crippen molar-refractivity contribution in [1.29, 1.82) is 0 Å². The molecule has 17 heavy (non-hydrogen) atoms. The molecular formula is C14H14ClNO. The monoisotopic (exact) mass is 247 g/mol. The summed E-state index contributed by atoms with van der Waals surface area (Å²) in [6.45, 7) is 0.792. The lowest BCUT2D eigenvalue weighted by Gasteiger charge is -2.36.